The molecule has 2 aromatic carbocycles. The summed E-state index contributed by atoms with van der Waals surface area (Å²) in [4.78, 5) is 12.3. The number of nitrogens with one attached hydrogen (secondary N) is 2. The molecule has 3 rings (SSSR count). The highest BCUT2D eigenvalue weighted by Gasteiger charge is 2.14. The van der Waals surface area contributed by atoms with E-state index in [0.717, 1.165) is 31.2 Å². The number of hydrogen-bond donors (Lipinski definition) is 2. The van der Waals surface area contributed by atoms with E-state index in [2.05, 4.69) is 17.0 Å². The van der Waals surface area contributed by atoms with Gasteiger partial charge in [-0.05, 0) is 54.5 Å². The molecule has 160 valence electrons. The van der Waals surface area contributed by atoms with Crippen LogP contribution >= 0.6 is 0 Å². The minimum Gasteiger partial charge on any atom is -0.454 e. The van der Waals surface area contributed by atoms with Gasteiger partial charge in [0.2, 0.25) is 22.7 Å². The standard InChI is InChI=1S/C22H26N2O5S/c1-2-3-4-5-14-23-30(26,27)19-10-8-18(9-11-19)24-22(25)13-7-17-6-12-20-21(15-17)29-16-28-20/h6-13,15,23H,2-5,14,16H2,1H3,(H,24,25). The molecule has 1 aliphatic rings. The van der Waals surface area contributed by atoms with Crippen LogP contribution in [0.25, 0.3) is 6.08 Å². The van der Waals surface area contributed by atoms with Gasteiger partial charge in [-0.1, -0.05) is 32.3 Å². The number of fused-ring (bicyclic) bond motifs is 1. The number of anilines is 1. The molecule has 7 nitrogen and oxygen atoms in total. The van der Waals surface area contributed by atoms with Crippen LogP contribution in [-0.4, -0.2) is 27.7 Å². The van der Waals surface area contributed by atoms with Crippen LogP contribution in [0.5, 0.6) is 11.5 Å². The van der Waals surface area contributed by atoms with Crippen molar-refractivity contribution in [3.63, 3.8) is 0 Å². The number of unbranched alkanes of at least 4 members (excludes halogenated alkanes) is 3. The normalized spacial score (nSPS) is 13.0. The zero-order chi connectivity index (χ0) is 21.4. The second-order valence-corrected chi connectivity index (χ2v) is 8.69. The number of rotatable bonds is 10. The van der Waals surface area contributed by atoms with E-state index < -0.39 is 10.0 Å². The number of hydrogen-bond acceptors (Lipinski definition) is 5. The van der Waals surface area contributed by atoms with Crippen LogP contribution in [0.1, 0.15) is 38.2 Å². The molecule has 8 heteroatoms. The van der Waals surface area contributed by atoms with E-state index in [1.54, 1.807) is 30.3 Å². The van der Waals surface area contributed by atoms with Crippen molar-refractivity contribution in [3.05, 3.63) is 54.1 Å². The lowest BCUT2D eigenvalue weighted by Gasteiger charge is -2.08. The van der Waals surface area contributed by atoms with Crippen molar-refractivity contribution in [3.8, 4) is 11.5 Å². The summed E-state index contributed by atoms with van der Waals surface area (Å²) in [5.74, 6) is 1.01. The zero-order valence-corrected chi connectivity index (χ0v) is 17.7. The van der Waals surface area contributed by atoms with E-state index in [0.29, 0.717) is 23.7 Å². The molecule has 0 saturated heterocycles. The molecule has 2 N–H and O–H groups in total. The molecule has 1 amide bonds. The number of amides is 1. The highest BCUT2D eigenvalue weighted by molar-refractivity contribution is 7.89. The van der Waals surface area contributed by atoms with Gasteiger partial charge in [0.1, 0.15) is 0 Å². The average Bonchev–Trinajstić information content (AvgIpc) is 3.20. The van der Waals surface area contributed by atoms with E-state index in [9.17, 15) is 13.2 Å². The largest absolute Gasteiger partial charge is 0.454 e. The zero-order valence-electron chi connectivity index (χ0n) is 16.9. The molecule has 0 saturated carbocycles. The fourth-order valence-corrected chi connectivity index (χ4v) is 4.01. The molecular weight excluding hydrogens is 404 g/mol. The van der Waals surface area contributed by atoms with Gasteiger partial charge in [0, 0.05) is 18.3 Å². The van der Waals surface area contributed by atoms with Gasteiger partial charge in [0.05, 0.1) is 4.90 Å². The predicted molar refractivity (Wildman–Crippen MR) is 116 cm³/mol. The van der Waals surface area contributed by atoms with E-state index in [1.165, 1.54) is 18.2 Å². The highest BCUT2D eigenvalue weighted by atomic mass is 32.2. The van der Waals surface area contributed by atoms with Gasteiger partial charge in [-0.2, -0.15) is 0 Å². The van der Waals surface area contributed by atoms with Crippen LogP contribution in [0, 0.1) is 0 Å². The van der Waals surface area contributed by atoms with E-state index in [1.807, 2.05) is 6.07 Å². The lowest BCUT2D eigenvalue weighted by atomic mass is 10.2. The van der Waals surface area contributed by atoms with Crippen molar-refractivity contribution in [2.75, 3.05) is 18.7 Å². The minimum absolute atomic E-state index is 0.173. The molecule has 0 spiro atoms. The molecule has 0 aromatic heterocycles. The molecule has 0 fully saturated rings. The Labute approximate surface area is 177 Å². The highest BCUT2D eigenvalue weighted by Crippen LogP contribution is 2.32. The first-order valence-electron chi connectivity index (χ1n) is 9.96. The third-order valence-corrected chi connectivity index (χ3v) is 6.06. The lowest BCUT2D eigenvalue weighted by Crippen LogP contribution is -2.24. The van der Waals surface area contributed by atoms with Gasteiger partial charge >= 0.3 is 0 Å². The van der Waals surface area contributed by atoms with E-state index >= 15 is 0 Å². The first-order chi connectivity index (χ1) is 14.5. The molecule has 0 atom stereocenters. The number of ether oxygens (including phenoxy) is 2. The summed E-state index contributed by atoms with van der Waals surface area (Å²) in [6, 6.07) is 11.5. The van der Waals surface area contributed by atoms with Crippen LogP contribution in [0.3, 0.4) is 0 Å². The van der Waals surface area contributed by atoms with Gasteiger partial charge < -0.3 is 14.8 Å². The van der Waals surface area contributed by atoms with Crippen LogP contribution in [0.15, 0.2) is 53.4 Å². The summed E-state index contributed by atoms with van der Waals surface area (Å²) in [5, 5.41) is 2.71. The molecule has 0 aliphatic carbocycles. The van der Waals surface area contributed by atoms with Crippen LogP contribution in [-0.2, 0) is 14.8 Å². The average molecular weight is 431 g/mol. The fraction of sp³-hybridized carbons (Fsp3) is 0.318. The summed E-state index contributed by atoms with van der Waals surface area (Å²) in [7, 11) is -3.54. The monoisotopic (exact) mass is 430 g/mol. The van der Waals surface area contributed by atoms with E-state index in [4.69, 9.17) is 9.47 Å². The molecule has 0 unspecified atom stereocenters. The van der Waals surface area contributed by atoms with Crippen LogP contribution in [0.4, 0.5) is 5.69 Å². The maximum atomic E-state index is 12.3. The first-order valence-corrected chi connectivity index (χ1v) is 11.4. The van der Waals surface area contributed by atoms with Crippen molar-refractivity contribution in [1.29, 1.82) is 0 Å². The summed E-state index contributed by atoms with van der Waals surface area (Å²) in [6.45, 7) is 2.73. The Kier molecular flexibility index (Phi) is 7.48. The molecule has 30 heavy (non-hydrogen) atoms. The molecule has 0 bridgehead atoms. The summed E-state index contributed by atoms with van der Waals surface area (Å²) in [5.41, 5.74) is 1.32. The molecular formula is C22H26N2O5S. The predicted octanol–water partition coefficient (Wildman–Crippen LogP) is 3.93. The van der Waals surface area contributed by atoms with Gasteiger partial charge in [-0.3, -0.25) is 4.79 Å². The van der Waals surface area contributed by atoms with Gasteiger partial charge in [0.25, 0.3) is 0 Å². The van der Waals surface area contributed by atoms with Gasteiger partial charge in [-0.25, -0.2) is 13.1 Å². The number of sulfonamides is 1. The summed E-state index contributed by atoms with van der Waals surface area (Å²) in [6.07, 6.45) is 7.09. The van der Waals surface area contributed by atoms with Crippen LogP contribution < -0.4 is 19.5 Å². The Hall–Kier alpha value is -2.84. The second-order valence-electron chi connectivity index (χ2n) is 6.92. The lowest BCUT2D eigenvalue weighted by molar-refractivity contribution is -0.111. The smallest absolute Gasteiger partial charge is 0.248 e. The Bertz CT molecular complexity index is 1000. The second kappa shape index (κ2) is 10.3. The molecule has 2 aromatic rings. The van der Waals surface area contributed by atoms with Crippen molar-refractivity contribution in [1.82, 2.24) is 4.72 Å². The Morgan fingerprint density at radius 1 is 1.03 bits per heavy atom. The molecule has 1 aliphatic heterocycles. The quantitative estimate of drug-likeness (QED) is 0.440. The number of carbonyl (C=O) groups is 1. The Morgan fingerprint density at radius 3 is 2.57 bits per heavy atom. The SMILES string of the molecule is CCCCCCNS(=O)(=O)c1ccc(NC(=O)C=Cc2ccc3c(c2)OCO3)cc1. The van der Waals surface area contributed by atoms with Gasteiger partial charge in [-0.15, -0.1) is 0 Å². The summed E-state index contributed by atoms with van der Waals surface area (Å²) >= 11 is 0. The van der Waals surface area contributed by atoms with E-state index in [-0.39, 0.29) is 17.6 Å². The van der Waals surface area contributed by atoms with Crippen molar-refractivity contribution >= 4 is 27.7 Å². The topological polar surface area (TPSA) is 93.7 Å². The maximum absolute atomic E-state index is 12.3. The van der Waals surface area contributed by atoms with Gasteiger partial charge in [0.15, 0.2) is 11.5 Å². The van der Waals surface area contributed by atoms with Crippen LogP contribution in [0.2, 0.25) is 0 Å². The number of benzene rings is 2. The Morgan fingerprint density at radius 2 is 1.80 bits per heavy atom. The molecule has 0 radical (unpaired) electrons. The van der Waals surface area contributed by atoms with Crippen molar-refractivity contribution in [2.24, 2.45) is 0 Å². The third-order valence-electron chi connectivity index (χ3n) is 4.58. The Balaban J connectivity index is 1.52. The van der Waals surface area contributed by atoms with Crippen molar-refractivity contribution < 1.29 is 22.7 Å². The van der Waals surface area contributed by atoms with Crippen molar-refractivity contribution in [2.45, 2.75) is 37.5 Å². The number of carbonyl (C=O) groups excluding carboxylic acids is 1. The summed E-state index contributed by atoms with van der Waals surface area (Å²) < 4.78 is 37.8. The fourth-order valence-electron chi connectivity index (χ4n) is 2.93. The molecule has 1 heterocycles. The third kappa shape index (κ3) is 6.08. The maximum Gasteiger partial charge on any atom is 0.248 e. The first kappa shape index (κ1) is 21.9. The minimum atomic E-state index is -3.54.